The standard InChI is InChI=1S/C11H20N2O3/c1-2-12-11(16)13-7-5-9(6-8-13)3-4-10(14)15/h9H,2-8H2,1H3,(H,12,16)(H,14,15). The van der Waals surface area contributed by atoms with Crippen molar-refractivity contribution in [1.29, 1.82) is 0 Å². The van der Waals surface area contributed by atoms with Crippen molar-refractivity contribution in [2.75, 3.05) is 19.6 Å². The second-order valence-corrected chi connectivity index (χ2v) is 4.20. The van der Waals surface area contributed by atoms with E-state index in [1.807, 2.05) is 6.92 Å². The van der Waals surface area contributed by atoms with Gasteiger partial charge in [-0.3, -0.25) is 4.79 Å². The Morgan fingerprint density at radius 1 is 1.38 bits per heavy atom. The molecule has 5 heteroatoms. The van der Waals surface area contributed by atoms with Crippen LogP contribution in [0.4, 0.5) is 4.79 Å². The zero-order chi connectivity index (χ0) is 12.0. The zero-order valence-corrected chi connectivity index (χ0v) is 9.74. The van der Waals surface area contributed by atoms with Gasteiger partial charge in [-0.15, -0.1) is 0 Å². The van der Waals surface area contributed by atoms with Crippen LogP contribution in [0.2, 0.25) is 0 Å². The highest BCUT2D eigenvalue weighted by Crippen LogP contribution is 2.21. The van der Waals surface area contributed by atoms with Crippen molar-refractivity contribution < 1.29 is 14.7 Å². The summed E-state index contributed by atoms with van der Waals surface area (Å²) in [6, 6.07) is -0.000755. The molecule has 0 saturated carbocycles. The molecule has 1 heterocycles. The van der Waals surface area contributed by atoms with Crippen LogP contribution in [-0.2, 0) is 4.79 Å². The number of aliphatic carboxylic acids is 1. The van der Waals surface area contributed by atoms with Crippen molar-refractivity contribution in [2.24, 2.45) is 5.92 Å². The Labute approximate surface area is 95.8 Å². The molecule has 2 amide bonds. The first-order valence-electron chi connectivity index (χ1n) is 5.88. The van der Waals surface area contributed by atoms with E-state index < -0.39 is 5.97 Å². The molecular formula is C11H20N2O3. The number of rotatable bonds is 4. The minimum absolute atomic E-state index is 0.000755. The number of nitrogens with zero attached hydrogens (tertiary/aromatic N) is 1. The fourth-order valence-electron chi connectivity index (χ4n) is 2.02. The van der Waals surface area contributed by atoms with E-state index in [0.717, 1.165) is 32.4 Å². The number of carboxylic acid groups (broad SMARTS) is 1. The van der Waals surface area contributed by atoms with Gasteiger partial charge in [-0.2, -0.15) is 0 Å². The summed E-state index contributed by atoms with van der Waals surface area (Å²) in [4.78, 5) is 23.7. The van der Waals surface area contributed by atoms with Gasteiger partial charge in [-0.25, -0.2) is 4.79 Å². The van der Waals surface area contributed by atoms with Crippen LogP contribution in [0.3, 0.4) is 0 Å². The molecule has 0 aromatic heterocycles. The topological polar surface area (TPSA) is 69.6 Å². The van der Waals surface area contributed by atoms with E-state index in [2.05, 4.69) is 5.32 Å². The quantitative estimate of drug-likeness (QED) is 0.761. The third-order valence-corrected chi connectivity index (χ3v) is 3.00. The highest BCUT2D eigenvalue weighted by Gasteiger charge is 2.22. The molecule has 0 bridgehead atoms. The van der Waals surface area contributed by atoms with Crippen molar-refractivity contribution in [3.05, 3.63) is 0 Å². The lowest BCUT2D eigenvalue weighted by Crippen LogP contribution is -2.44. The number of carboxylic acids is 1. The van der Waals surface area contributed by atoms with E-state index in [4.69, 9.17) is 5.11 Å². The van der Waals surface area contributed by atoms with Crippen LogP contribution >= 0.6 is 0 Å². The second kappa shape index (κ2) is 6.35. The van der Waals surface area contributed by atoms with Crippen LogP contribution in [0.15, 0.2) is 0 Å². The van der Waals surface area contributed by atoms with Crippen LogP contribution < -0.4 is 5.32 Å². The summed E-state index contributed by atoms with van der Waals surface area (Å²) in [5.41, 5.74) is 0. The third-order valence-electron chi connectivity index (χ3n) is 3.00. The molecule has 1 rings (SSSR count). The van der Waals surface area contributed by atoms with E-state index >= 15 is 0 Å². The first-order chi connectivity index (χ1) is 7.63. The molecular weight excluding hydrogens is 208 g/mol. The molecule has 16 heavy (non-hydrogen) atoms. The molecule has 0 aromatic rings. The summed E-state index contributed by atoms with van der Waals surface area (Å²) < 4.78 is 0. The predicted octanol–water partition coefficient (Wildman–Crippen LogP) is 1.29. The summed E-state index contributed by atoms with van der Waals surface area (Å²) in [5, 5.41) is 11.4. The molecule has 1 saturated heterocycles. The number of likely N-dealkylation sites (tertiary alicyclic amines) is 1. The van der Waals surface area contributed by atoms with E-state index in [9.17, 15) is 9.59 Å². The molecule has 92 valence electrons. The van der Waals surface area contributed by atoms with Gasteiger partial charge in [0.15, 0.2) is 0 Å². The van der Waals surface area contributed by atoms with Crippen LogP contribution in [0, 0.1) is 5.92 Å². The van der Waals surface area contributed by atoms with Gasteiger partial charge in [0.2, 0.25) is 0 Å². The molecule has 1 aliphatic rings. The number of urea groups is 1. The van der Waals surface area contributed by atoms with Gasteiger partial charge in [-0.1, -0.05) is 0 Å². The number of carbonyl (C=O) groups excluding carboxylic acids is 1. The first-order valence-corrected chi connectivity index (χ1v) is 5.88. The average molecular weight is 228 g/mol. The fourth-order valence-corrected chi connectivity index (χ4v) is 2.02. The van der Waals surface area contributed by atoms with Gasteiger partial charge < -0.3 is 15.3 Å². The van der Waals surface area contributed by atoms with Crippen molar-refractivity contribution in [2.45, 2.75) is 32.6 Å². The molecule has 1 fully saturated rings. The minimum atomic E-state index is -0.730. The molecule has 1 aliphatic heterocycles. The lowest BCUT2D eigenvalue weighted by molar-refractivity contribution is -0.137. The van der Waals surface area contributed by atoms with Crippen molar-refractivity contribution in [3.63, 3.8) is 0 Å². The van der Waals surface area contributed by atoms with Crippen molar-refractivity contribution in [1.82, 2.24) is 10.2 Å². The maximum absolute atomic E-state index is 11.5. The maximum Gasteiger partial charge on any atom is 0.317 e. The highest BCUT2D eigenvalue weighted by atomic mass is 16.4. The Bertz CT molecular complexity index is 248. The van der Waals surface area contributed by atoms with Crippen LogP contribution in [0.5, 0.6) is 0 Å². The number of carbonyl (C=O) groups is 2. The molecule has 5 nitrogen and oxygen atoms in total. The molecule has 0 unspecified atom stereocenters. The second-order valence-electron chi connectivity index (χ2n) is 4.20. The molecule has 0 atom stereocenters. The molecule has 0 aliphatic carbocycles. The number of nitrogens with one attached hydrogen (secondary N) is 1. The molecule has 2 N–H and O–H groups in total. The summed E-state index contributed by atoms with van der Waals surface area (Å²) in [6.45, 7) is 4.04. The summed E-state index contributed by atoms with van der Waals surface area (Å²) in [7, 11) is 0. The maximum atomic E-state index is 11.5. The third kappa shape index (κ3) is 4.08. The van der Waals surface area contributed by atoms with Gasteiger partial charge in [0, 0.05) is 26.1 Å². The number of amides is 2. The largest absolute Gasteiger partial charge is 0.481 e. The lowest BCUT2D eigenvalue weighted by Gasteiger charge is -2.31. The molecule has 0 spiro atoms. The Hall–Kier alpha value is -1.26. The van der Waals surface area contributed by atoms with Crippen molar-refractivity contribution >= 4 is 12.0 Å². The van der Waals surface area contributed by atoms with Gasteiger partial charge in [-0.05, 0) is 32.1 Å². The Morgan fingerprint density at radius 3 is 2.50 bits per heavy atom. The van der Waals surface area contributed by atoms with E-state index in [1.165, 1.54) is 0 Å². The monoisotopic (exact) mass is 228 g/mol. The summed E-state index contributed by atoms with van der Waals surface area (Å²) >= 11 is 0. The van der Waals surface area contributed by atoms with E-state index in [0.29, 0.717) is 12.5 Å². The molecule has 0 aromatic carbocycles. The Morgan fingerprint density at radius 2 is 2.00 bits per heavy atom. The van der Waals surface area contributed by atoms with Crippen LogP contribution in [-0.4, -0.2) is 41.6 Å². The summed E-state index contributed by atoms with van der Waals surface area (Å²) in [5.74, 6) is -0.270. The van der Waals surface area contributed by atoms with Gasteiger partial charge in [0.25, 0.3) is 0 Å². The number of hydrogen-bond acceptors (Lipinski definition) is 2. The average Bonchev–Trinajstić information content (AvgIpc) is 2.27. The van der Waals surface area contributed by atoms with E-state index in [-0.39, 0.29) is 12.5 Å². The number of hydrogen-bond donors (Lipinski definition) is 2. The van der Waals surface area contributed by atoms with E-state index in [1.54, 1.807) is 4.90 Å². The predicted molar refractivity (Wildman–Crippen MR) is 60.2 cm³/mol. The summed E-state index contributed by atoms with van der Waals surface area (Å²) in [6.07, 6.45) is 2.82. The van der Waals surface area contributed by atoms with Crippen molar-refractivity contribution in [3.8, 4) is 0 Å². The van der Waals surface area contributed by atoms with Gasteiger partial charge in [0.05, 0.1) is 0 Å². The fraction of sp³-hybridized carbons (Fsp3) is 0.818. The Balaban J connectivity index is 2.23. The minimum Gasteiger partial charge on any atom is -0.481 e. The smallest absolute Gasteiger partial charge is 0.317 e. The Kier molecular flexibility index (Phi) is 5.08. The SMILES string of the molecule is CCNC(=O)N1CCC(CCC(=O)O)CC1. The first kappa shape index (κ1) is 12.8. The zero-order valence-electron chi connectivity index (χ0n) is 9.74. The molecule has 0 radical (unpaired) electrons. The normalized spacial score (nSPS) is 17.2. The number of piperidine rings is 1. The highest BCUT2D eigenvalue weighted by molar-refractivity contribution is 5.74. The lowest BCUT2D eigenvalue weighted by atomic mass is 9.92. The van der Waals surface area contributed by atoms with Crippen LogP contribution in [0.1, 0.15) is 32.6 Å². The van der Waals surface area contributed by atoms with Gasteiger partial charge in [0.1, 0.15) is 0 Å². The van der Waals surface area contributed by atoms with Gasteiger partial charge >= 0.3 is 12.0 Å². The van der Waals surface area contributed by atoms with Crippen LogP contribution in [0.25, 0.3) is 0 Å².